The van der Waals surface area contributed by atoms with Gasteiger partial charge < -0.3 is 9.72 Å². The molecule has 0 radical (unpaired) electrons. The Labute approximate surface area is 96.6 Å². The first-order valence-electron chi connectivity index (χ1n) is 4.28. The number of hydrogen-bond acceptors (Lipinski definition) is 5. The summed E-state index contributed by atoms with van der Waals surface area (Å²) in [5, 5.41) is 18.9. The van der Waals surface area contributed by atoms with Gasteiger partial charge in [-0.05, 0) is 0 Å². The van der Waals surface area contributed by atoms with Gasteiger partial charge in [-0.3, -0.25) is 14.9 Å². The molecule has 7 nitrogen and oxygen atoms in total. The number of alkyl halides is 3. The summed E-state index contributed by atoms with van der Waals surface area (Å²) in [7, 11) is 0. The van der Waals surface area contributed by atoms with Crippen molar-refractivity contribution in [3.8, 4) is 11.8 Å². The van der Waals surface area contributed by atoms with Crippen LogP contribution in [0.25, 0.3) is 0 Å². The molecule has 0 atom stereocenters. The molecule has 1 aromatic heterocycles. The number of halogens is 3. The lowest BCUT2D eigenvalue weighted by Gasteiger charge is -2.08. The Morgan fingerprint density at radius 3 is 2.61 bits per heavy atom. The van der Waals surface area contributed by atoms with Crippen LogP contribution in [0.3, 0.4) is 0 Å². The minimum atomic E-state index is -5.14. The smallest absolute Gasteiger partial charge is 0.400 e. The minimum Gasteiger partial charge on any atom is -0.400 e. The average Bonchev–Trinajstić information content (AvgIpc) is 2.20. The number of nitriles is 1. The predicted octanol–water partition coefficient (Wildman–Crippen LogP) is 1.25. The number of aromatic amines is 1. The first kappa shape index (κ1) is 13.5. The summed E-state index contributed by atoms with van der Waals surface area (Å²) in [6.07, 6.45) is -5.66. The second-order valence-electron chi connectivity index (χ2n) is 2.97. The van der Waals surface area contributed by atoms with E-state index in [-0.39, 0.29) is 5.69 Å². The van der Waals surface area contributed by atoms with E-state index in [0.29, 0.717) is 6.07 Å². The maximum atomic E-state index is 11.9. The first-order valence-corrected chi connectivity index (χ1v) is 4.28. The topological polar surface area (TPSA) is 109 Å². The van der Waals surface area contributed by atoms with E-state index in [9.17, 15) is 28.1 Å². The largest absolute Gasteiger partial charge is 0.573 e. The van der Waals surface area contributed by atoms with Gasteiger partial charge in [0.05, 0.1) is 23.5 Å². The number of pyridine rings is 1. The van der Waals surface area contributed by atoms with Crippen LogP contribution in [0.5, 0.6) is 5.75 Å². The second-order valence-corrected chi connectivity index (χ2v) is 2.97. The quantitative estimate of drug-likeness (QED) is 0.651. The second kappa shape index (κ2) is 4.74. The highest BCUT2D eigenvalue weighted by atomic mass is 19.4. The van der Waals surface area contributed by atoms with Gasteiger partial charge in [0.2, 0.25) is 5.75 Å². The fraction of sp³-hybridized carbons (Fsp3) is 0.250. The normalized spacial score (nSPS) is 10.8. The van der Waals surface area contributed by atoms with Crippen molar-refractivity contribution in [1.82, 2.24) is 4.98 Å². The highest BCUT2D eigenvalue weighted by Gasteiger charge is 2.33. The number of ether oxygens (including phenoxy) is 1. The molecule has 10 heteroatoms. The van der Waals surface area contributed by atoms with Crippen LogP contribution < -0.4 is 10.3 Å². The van der Waals surface area contributed by atoms with Gasteiger partial charge in [-0.2, -0.15) is 5.26 Å². The molecule has 1 heterocycles. The number of nitrogens with zero attached hydrogens (tertiary/aromatic N) is 2. The van der Waals surface area contributed by atoms with Crippen LogP contribution >= 0.6 is 0 Å². The van der Waals surface area contributed by atoms with E-state index >= 15 is 0 Å². The van der Waals surface area contributed by atoms with Crippen LogP contribution in [0.2, 0.25) is 0 Å². The van der Waals surface area contributed by atoms with Gasteiger partial charge in [0, 0.05) is 0 Å². The molecule has 0 spiro atoms. The molecule has 0 amide bonds. The number of aromatic nitrogens is 1. The van der Waals surface area contributed by atoms with Crippen molar-refractivity contribution in [3.05, 3.63) is 32.2 Å². The van der Waals surface area contributed by atoms with Crippen molar-refractivity contribution < 1.29 is 22.8 Å². The van der Waals surface area contributed by atoms with Crippen molar-refractivity contribution in [2.75, 3.05) is 0 Å². The number of rotatable bonds is 3. The molecule has 1 rings (SSSR count). The lowest BCUT2D eigenvalue weighted by Crippen LogP contribution is -2.23. The molecule has 0 bridgehead atoms. The Morgan fingerprint density at radius 2 is 2.17 bits per heavy atom. The number of hydrogen-bond donors (Lipinski definition) is 1. The summed E-state index contributed by atoms with van der Waals surface area (Å²) in [6.45, 7) is 0. The molecule has 0 aliphatic rings. The van der Waals surface area contributed by atoms with Gasteiger partial charge in [0.25, 0.3) is 11.2 Å². The SMILES string of the molecule is N#CCc1[nH]c(=O)c(OC(F)(F)F)cc1[N+](=O)[O-]. The van der Waals surface area contributed by atoms with Crippen LogP contribution in [-0.2, 0) is 6.42 Å². The van der Waals surface area contributed by atoms with E-state index in [2.05, 4.69) is 4.74 Å². The molecule has 0 saturated heterocycles. The van der Waals surface area contributed by atoms with Crippen LogP contribution in [0.1, 0.15) is 5.69 Å². The summed E-state index contributed by atoms with van der Waals surface area (Å²) in [5.74, 6) is -1.25. The van der Waals surface area contributed by atoms with Gasteiger partial charge in [0.15, 0.2) is 0 Å². The minimum absolute atomic E-state index is 0.332. The van der Waals surface area contributed by atoms with Crippen molar-refractivity contribution in [1.29, 1.82) is 5.26 Å². The fourth-order valence-corrected chi connectivity index (χ4v) is 1.12. The number of nitrogens with one attached hydrogen (secondary N) is 1. The molecule has 0 aromatic carbocycles. The Bertz CT molecular complexity index is 572. The molecule has 96 valence electrons. The third-order valence-electron chi connectivity index (χ3n) is 1.74. The highest BCUT2D eigenvalue weighted by molar-refractivity contribution is 5.42. The van der Waals surface area contributed by atoms with E-state index in [1.54, 1.807) is 4.98 Å². The molecule has 18 heavy (non-hydrogen) atoms. The third-order valence-corrected chi connectivity index (χ3v) is 1.74. The Balaban J connectivity index is 3.33. The number of H-pyrrole nitrogens is 1. The van der Waals surface area contributed by atoms with Gasteiger partial charge >= 0.3 is 6.36 Å². The Kier molecular flexibility index (Phi) is 3.55. The van der Waals surface area contributed by atoms with E-state index in [1.165, 1.54) is 6.07 Å². The third kappa shape index (κ3) is 3.21. The maximum Gasteiger partial charge on any atom is 0.573 e. The van der Waals surface area contributed by atoms with Crippen molar-refractivity contribution in [2.45, 2.75) is 12.8 Å². The zero-order valence-electron chi connectivity index (χ0n) is 8.45. The van der Waals surface area contributed by atoms with Crippen LogP contribution in [0, 0.1) is 21.4 Å². The van der Waals surface area contributed by atoms with E-state index < -0.39 is 34.7 Å². The van der Waals surface area contributed by atoms with Gasteiger partial charge in [-0.15, -0.1) is 13.2 Å². The molecule has 1 aromatic rings. The molecule has 0 fully saturated rings. The Hall–Kier alpha value is -2.57. The zero-order valence-corrected chi connectivity index (χ0v) is 8.45. The molecular weight excluding hydrogens is 259 g/mol. The average molecular weight is 263 g/mol. The van der Waals surface area contributed by atoms with Crippen molar-refractivity contribution in [2.24, 2.45) is 0 Å². The summed E-state index contributed by atoms with van der Waals surface area (Å²) >= 11 is 0. The molecule has 0 aliphatic carbocycles. The molecule has 1 N–H and O–H groups in total. The van der Waals surface area contributed by atoms with Crippen molar-refractivity contribution in [3.63, 3.8) is 0 Å². The fourth-order valence-electron chi connectivity index (χ4n) is 1.12. The lowest BCUT2D eigenvalue weighted by atomic mass is 10.2. The van der Waals surface area contributed by atoms with Crippen molar-refractivity contribution >= 4 is 5.69 Å². The summed E-state index contributed by atoms with van der Waals surface area (Å²) in [4.78, 5) is 22.5. The molecule has 0 unspecified atom stereocenters. The standard InChI is InChI=1S/C8H4F3N3O4/c9-8(10,11)18-6-3-5(14(16)17)4(1-2-12)13-7(6)15/h3H,1H2,(H,13,15). The summed E-state index contributed by atoms with van der Waals surface area (Å²) < 4.78 is 39.0. The Morgan fingerprint density at radius 1 is 1.56 bits per heavy atom. The van der Waals surface area contributed by atoms with E-state index in [1.807, 2.05) is 0 Å². The molecule has 0 aliphatic heterocycles. The van der Waals surface area contributed by atoms with Gasteiger partial charge in [-0.25, -0.2) is 0 Å². The van der Waals surface area contributed by atoms with Crippen LogP contribution in [0.4, 0.5) is 18.9 Å². The van der Waals surface area contributed by atoms with Crippen LogP contribution in [0.15, 0.2) is 10.9 Å². The maximum absolute atomic E-state index is 11.9. The molecular formula is C8H4F3N3O4. The summed E-state index contributed by atoms with van der Waals surface area (Å²) in [6, 6.07) is 1.87. The summed E-state index contributed by atoms with van der Waals surface area (Å²) in [5.41, 5.74) is -2.51. The zero-order chi connectivity index (χ0) is 13.9. The van der Waals surface area contributed by atoms with Gasteiger partial charge in [0.1, 0.15) is 5.69 Å². The van der Waals surface area contributed by atoms with E-state index in [0.717, 1.165) is 0 Å². The van der Waals surface area contributed by atoms with E-state index in [4.69, 9.17) is 5.26 Å². The van der Waals surface area contributed by atoms with Gasteiger partial charge in [-0.1, -0.05) is 0 Å². The lowest BCUT2D eigenvalue weighted by molar-refractivity contribution is -0.386. The molecule has 0 saturated carbocycles. The van der Waals surface area contributed by atoms with Crippen LogP contribution in [-0.4, -0.2) is 16.3 Å². The highest BCUT2D eigenvalue weighted by Crippen LogP contribution is 2.24. The first-order chi connectivity index (χ1) is 8.24. The number of nitro groups is 1. The predicted molar refractivity (Wildman–Crippen MR) is 49.7 cm³/mol. The monoisotopic (exact) mass is 263 g/mol.